The fourth-order valence-electron chi connectivity index (χ4n) is 1.97. The molecule has 21 heavy (non-hydrogen) atoms. The molecule has 6 heteroatoms. The van der Waals surface area contributed by atoms with Crippen molar-refractivity contribution in [2.24, 2.45) is 0 Å². The van der Waals surface area contributed by atoms with Gasteiger partial charge in [0.05, 0.1) is 5.56 Å². The van der Waals surface area contributed by atoms with E-state index in [9.17, 15) is 26.7 Å². The molecule has 0 unspecified atom stereocenters. The fourth-order valence-corrected chi connectivity index (χ4v) is 1.97. The standard InChI is InChI=1S/C15H9F5O/c1-8(21)11-4-3-10(16)7-12(11)9-2-5-14(17)13(6-9)15(18,19)20/h2-7H,1H3. The first-order chi connectivity index (χ1) is 9.70. The molecule has 2 aromatic rings. The number of benzene rings is 2. The molecule has 0 saturated heterocycles. The van der Waals surface area contributed by atoms with Crippen LogP contribution in [0, 0.1) is 11.6 Å². The third-order valence-electron chi connectivity index (χ3n) is 2.94. The van der Waals surface area contributed by atoms with Crippen LogP contribution in [0.25, 0.3) is 11.1 Å². The summed E-state index contributed by atoms with van der Waals surface area (Å²) in [7, 11) is 0. The normalized spacial score (nSPS) is 11.5. The van der Waals surface area contributed by atoms with Crippen molar-refractivity contribution in [3.8, 4) is 11.1 Å². The first kappa shape index (κ1) is 15.2. The van der Waals surface area contributed by atoms with Crippen molar-refractivity contribution >= 4 is 5.78 Å². The van der Waals surface area contributed by atoms with Gasteiger partial charge in [0.15, 0.2) is 5.78 Å². The van der Waals surface area contributed by atoms with Crippen molar-refractivity contribution in [2.75, 3.05) is 0 Å². The molecule has 0 fully saturated rings. The number of ketones is 1. The highest BCUT2D eigenvalue weighted by molar-refractivity contribution is 6.00. The van der Waals surface area contributed by atoms with Gasteiger partial charge in [-0.3, -0.25) is 4.79 Å². The molecule has 0 amide bonds. The average Bonchev–Trinajstić information content (AvgIpc) is 2.37. The van der Waals surface area contributed by atoms with Crippen molar-refractivity contribution < 1.29 is 26.7 Å². The summed E-state index contributed by atoms with van der Waals surface area (Å²) < 4.78 is 64.7. The predicted octanol–water partition coefficient (Wildman–Crippen LogP) is 4.85. The van der Waals surface area contributed by atoms with Gasteiger partial charge in [-0.05, 0) is 48.4 Å². The van der Waals surface area contributed by atoms with E-state index in [4.69, 9.17) is 0 Å². The number of Topliss-reactive ketones (excluding diaryl/α,β-unsaturated/α-hetero) is 1. The van der Waals surface area contributed by atoms with Gasteiger partial charge >= 0.3 is 6.18 Å². The second-order valence-corrected chi connectivity index (χ2v) is 4.44. The smallest absolute Gasteiger partial charge is 0.294 e. The third-order valence-corrected chi connectivity index (χ3v) is 2.94. The van der Waals surface area contributed by atoms with Crippen molar-refractivity contribution in [1.82, 2.24) is 0 Å². The molecule has 0 saturated carbocycles. The van der Waals surface area contributed by atoms with E-state index >= 15 is 0 Å². The zero-order valence-corrected chi connectivity index (χ0v) is 10.8. The predicted molar refractivity (Wildman–Crippen MR) is 66.8 cm³/mol. The van der Waals surface area contributed by atoms with Gasteiger partial charge in [0.2, 0.25) is 0 Å². The van der Waals surface area contributed by atoms with Crippen molar-refractivity contribution in [3.63, 3.8) is 0 Å². The summed E-state index contributed by atoms with van der Waals surface area (Å²) >= 11 is 0. The monoisotopic (exact) mass is 300 g/mol. The molecule has 0 aliphatic carbocycles. The van der Waals surface area contributed by atoms with E-state index in [1.807, 2.05) is 0 Å². The number of carbonyl (C=O) groups excluding carboxylic acids is 1. The van der Waals surface area contributed by atoms with Crippen LogP contribution in [0.1, 0.15) is 22.8 Å². The highest BCUT2D eigenvalue weighted by Gasteiger charge is 2.34. The number of carbonyl (C=O) groups is 1. The minimum atomic E-state index is -4.87. The summed E-state index contributed by atoms with van der Waals surface area (Å²) in [4.78, 5) is 11.5. The number of hydrogen-bond donors (Lipinski definition) is 0. The Balaban J connectivity index is 2.68. The summed E-state index contributed by atoms with van der Waals surface area (Å²) in [6.45, 7) is 1.21. The van der Waals surface area contributed by atoms with E-state index < -0.39 is 29.2 Å². The molecule has 0 heterocycles. The van der Waals surface area contributed by atoms with Crippen LogP contribution in [0.5, 0.6) is 0 Å². The first-order valence-electron chi connectivity index (χ1n) is 5.88. The van der Waals surface area contributed by atoms with Gasteiger partial charge in [-0.15, -0.1) is 0 Å². The topological polar surface area (TPSA) is 17.1 Å². The molecule has 0 radical (unpaired) electrons. The van der Waals surface area contributed by atoms with Crippen LogP contribution in [-0.4, -0.2) is 5.78 Å². The summed E-state index contributed by atoms with van der Waals surface area (Å²) in [5, 5.41) is 0. The fraction of sp³-hybridized carbons (Fsp3) is 0.133. The van der Waals surface area contributed by atoms with Crippen LogP contribution in [-0.2, 0) is 6.18 Å². The van der Waals surface area contributed by atoms with E-state index in [2.05, 4.69) is 0 Å². The SMILES string of the molecule is CC(=O)c1ccc(F)cc1-c1ccc(F)c(C(F)(F)F)c1. The third kappa shape index (κ3) is 3.09. The zero-order chi connectivity index (χ0) is 15.8. The molecule has 0 atom stereocenters. The van der Waals surface area contributed by atoms with Gasteiger partial charge in [-0.25, -0.2) is 8.78 Å². The van der Waals surface area contributed by atoms with Gasteiger partial charge in [0.1, 0.15) is 11.6 Å². The van der Waals surface area contributed by atoms with Gasteiger partial charge in [0.25, 0.3) is 0 Å². The molecule has 0 N–H and O–H groups in total. The highest BCUT2D eigenvalue weighted by Crippen LogP contribution is 2.35. The number of halogens is 5. The Morgan fingerprint density at radius 2 is 1.67 bits per heavy atom. The van der Waals surface area contributed by atoms with Gasteiger partial charge in [-0.2, -0.15) is 13.2 Å². The molecule has 2 aromatic carbocycles. The van der Waals surface area contributed by atoms with Crippen molar-refractivity contribution in [3.05, 3.63) is 59.2 Å². The van der Waals surface area contributed by atoms with E-state index in [0.717, 1.165) is 18.2 Å². The average molecular weight is 300 g/mol. The Bertz CT molecular complexity index is 704. The molecule has 110 valence electrons. The largest absolute Gasteiger partial charge is 0.419 e. The zero-order valence-electron chi connectivity index (χ0n) is 10.8. The van der Waals surface area contributed by atoms with Crippen LogP contribution in [0.3, 0.4) is 0 Å². The summed E-state index contributed by atoms with van der Waals surface area (Å²) in [5.41, 5.74) is -1.48. The second kappa shape index (κ2) is 5.27. The minimum absolute atomic E-state index is 0.00648. The van der Waals surface area contributed by atoms with E-state index in [1.54, 1.807) is 0 Å². The summed E-state index contributed by atoms with van der Waals surface area (Å²) in [5.74, 6) is -2.55. The molecule has 0 bridgehead atoms. The Hall–Kier alpha value is -2.24. The Morgan fingerprint density at radius 1 is 1.00 bits per heavy atom. The molecule has 1 nitrogen and oxygen atoms in total. The van der Waals surface area contributed by atoms with Crippen molar-refractivity contribution in [2.45, 2.75) is 13.1 Å². The van der Waals surface area contributed by atoms with Gasteiger partial charge in [0, 0.05) is 5.56 Å². The molecule has 0 aromatic heterocycles. The van der Waals surface area contributed by atoms with Crippen LogP contribution in [0.4, 0.5) is 22.0 Å². The summed E-state index contributed by atoms with van der Waals surface area (Å²) in [6, 6.07) is 5.46. The molecular weight excluding hydrogens is 291 g/mol. The van der Waals surface area contributed by atoms with Gasteiger partial charge in [-0.1, -0.05) is 6.07 Å². The molecule has 0 aliphatic rings. The summed E-state index contributed by atoms with van der Waals surface area (Å²) in [6.07, 6.45) is -4.87. The highest BCUT2D eigenvalue weighted by atomic mass is 19.4. The molecule has 0 aliphatic heterocycles. The van der Waals surface area contributed by atoms with Gasteiger partial charge < -0.3 is 0 Å². The lowest BCUT2D eigenvalue weighted by Gasteiger charge is -2.12. The van der Waals surface area contributed by atoms with E-state index in [1.165, 1.54) is 13.0 Å². The maximum Gasteiger partial charge on any atom is 0.419 e. The van der Waals surface area contributed by atoms with E-state index in [-0.39, 0.29) is 16.7 Å². The maximum absolute atomic E-state index is 13.3. The Morgan fingerprint density at radius 3 is 2.24 bits per heavy atom. The minimum Gasteiger partial charge on any atom is -0.294 e. The Kier molecular flexibility index (Phi) is 3.80. The molecular formula is C15H9F5O. The van der Waals surface area contributed by atoms with E-state index in [0.29, 0.717) is 12.1 Å². The van der Waals surface area contributed by atoms with Crippen LogP contribution >= 0.6 is 0 Å². The Labute approximate surface area is 117 Å². The quantitative estimate of drug-likeness (QED) is 0.572. The number of alkyl halides is 3. The lowest BCUT2D eigenvalue weighted by atomic mass is 9.96. The number of rotatable bonds is 2. The second-order valence-electron chi connectivity index (χ2n) is 4.44. The molecule has 2 rings (SSSR count). The number of hydrogen-bond acceptors (Lipinski definition) is 1. The maximum atomic E-state index is 13.3. The molecule has 0 spiro atoms. The first-order valence-corrected chi connectivity index (χ1v) is 5.88. The van der Waals surface area contributed by atoms with Crippen LogP contribution in [0.2, 0.25) is 0 Å². The van der Waals surface area contributed by atoms with Crippen LogP contribution in [0.15, 0.2) is 36.4 Å². The van der Waals surface area contributed by atoms with Crippen molar-refractivity contribution in [1.29, 1.82) is 0 Å². The lowest BCUT2D eigenvalue weighted by molar-refractivity contribution is -0.139. The van der Waals surface area contributed by atoms with Crippen LogP contribution < -0.4 is 0 Å². The lowest BCUT2D eigenvalue weighted by Crippen LogP contribution is -2.08.